The number of rotatable bonds is 12. The molecule has 98 valence electrons. The maximum Gasteiger partial charge on any atom is 0.0701 e. The first kappa shape index (κ1) is 15.8. The Labute approximate surface area is 100 Å². The van der Waals surface area contributed by atoms with Gasteiger partial charge < -0.3 is 20.1 Å². The van der Waals surface area contributed by atoms with E-state index in [1.165, 1.54) is 0 Å². The molecule has 0 atom stereocenters. The van der Waals surface area contributed by atoms with Crippen molar-refractivity contribution in [3.8, 4) is 0 Å². The molecule has 0 heterocycles. The molecule has 0 spiro atoms. The summed E-state index contributed by atoms with van der Waals surface area (Å²) in [6.07, 6.45) is 0. The van der Waals surface area contributed by atoms with Crippen LogP contribution in [-0.4, -0.2) is 52.6 Å². The lowest BCUT2D eigenvalue weighted by atomic mass is 10.2. The SMILES string of the molecule is CCNCCOCCOCCNCC(C)C. The maximum atomic E-state index is 5.41. The molecule has 0 fully saturated rings. The molecule has 0 rings (SSSR count). The molecule has 16 heavy (non-hydrogen) atoms. The van der Waals surface area contributed by atoms with Gasteiger partial charge in [-0.05, 0) is 19.0 Å². The van der Waals surface area contributed by atoms with Crippen LogP contribution in [0.5, 0.6) is 0 Å². The molecule has 0 aliphatic rings. The largest absolute Gasteiger partial charge is 0.378 e. The lowest BCUT2D eigenvalue weighted by molar-refractivity contribution is 0.0499. The van der Waals surface area contributed by atoms with Crippen LogP contribution in [-0.2, 0) is 9.47 Å². The molecule has 0 saturated heterocycles. The first-order chi connectivity index (χ1) is 7.77. The van der Waals surface area contributed by atoms with E-state index >= 15 is 0 Å². The quantitative estimate of drug-likeness (QED) is 0.490. The van der Waals surface area contributed by atoms with Crippen LogP contribution in [0.4, 0.5) is 0 Å². The number of ether oxygens (including phenoxy) is 2. The van der Waals surface area contributed by atoms with Crippen molar-refractivity contribution in [3.63, 3.8) is 0 Å². The lowest BCUT2D eigenvalue weighted by Gasteiger charge is -2.08. The minimum atomic E-state index is 0.690. The van der Waals surface area contributed by atoms with Crippen molar-refractivity contribution in [2.45, 2.75) is 20.8 Å². The Kier molecular flexibility index (Phi) is 12.8. The van der Waals surface area contributed by atoms with Crippen molar-refractivity contribution in [1.82, 2.24) is 10.6 Å². The molecule has 0 aromatic rings. The zero-order chi connectivity index (χ0) is 12.1. The highest BCUT2D eigenvalue weighted by molar-refractivity contribution is 4.49. The smallest absolute Gasteiger partial charge is 0.0701 e. The Morgan fingerprint density at radius 1 is 0.875 bits per heavy atom. The predicted molar refractivity (Wildman–Crippen MR) is 67.9 cm³/mol. The van der Waals surface area contributed by atoms with Gasteiger partial charge in [0.05, 0.1) is 26.4 Å². The first-order valence-corrected chi connectivity index (χ1v) is 6.34. The van der Waals surface area contributed by atoms with E-state index in [9.17, 15) is 0 Å². The second-order valence-electron chi connectivity index (χ2n) is 4.18. The highest BCUT2D eigenvalue weighted by Crippen LogP contribution is 1.86. The summed E-state index contributed by atoms with van der Waals surface area (Å²) < 4.78 is 10.8. The highest BCUT2D eigenvalue weighted by Gasteiger charge is 1.93. The monoisotopic (exact) mass is 232 g/mol. The van der Waals surface area contributed by atoms with Gasteiger partial charge in [0.1, 0.15) is 0 Å². The minimum Gasteiger partial charge on any atom is -0.378 e. The Morgan fingerprint density at radius 3 is 1.94 bits per heavy atom. The number of hydrogen-bond acceptors (Lipinski definition) is 4. The first-order valence-electron chi connectivity index (χ1n) is 6.34. The van der Waals surface area contributed by atoms with E-state index < -0.39 is 0 Å². The van der Waals surface area contributed by atoms with Crippen LogP contribution in [0.1, 0.15) is 20.8 Å². The molecule has 0 radical (unpaired) electrons. The molecule has 0 aromatic carbocycles. The van der Waals surface area contributed by atoms with Gasteiger partial charge in [-0.1, -0.05) is 20.8 Å². The van der Waals surface area contributed by atoms with Crippen molar-refractivity contribution >= 4 is 0 Å². The van der Waals surface area contributed by atoms with E-state index in [1.54, 1.807) is 0 Å². The van der Waals surface area contributed by atoms with Crippen LogP contribution in [0.3, 0.4) is 0 Å². The molecular formula is C12H28N2O2. The fraction of sp³-hybridized carbons (Fsp3) is 1.00. The molecule has 4 heteroatoms. The van der Waals surface area contributed by atoms with Crippen LogP contribution in [0.2, 0.25) is 0 Å². The number of hydrogen-bond donors (Lipinski definition) is 2. The molecule has 0 amide bonds. The summed E-state index contributed by atoms with van der Waals surface area (Å²) >= 11 is 0. The molecular weight excluding hydrogens is 204 g/mol. The zero-order valence-corrected chi connectivity index (χ0v) is 11.1. The van der Waals surface area contributed by atoms with Crippen molar-refractivity contribution in [2.24, 2.45) is 5.92 Å². The van der Waals surface area contributed by atoms with E-state index in [1.807, 2.05) is 0 Å². The van der Waals surface area contributed by atoms with Crippen LogP contribution in [0.15, 0.2) is 0 Å². The fourth-order valence-electron chi connectivity index (χ4n) is 1.18. The minimum absolute atomic E-state index is 0.690. The second-order valence-corrected chi connectivity index (χ2v) is 4.18. The lowest BCUT2D eigenvalue weighted by Crippen LogP contribution is -2.24. The second kappa shape index (κ2) is 12.9. The Balaban J connectivity index is 2.88. The van der Waals surface area contributed by atoms with Crippen LogP contribution >= 0.6 is 0 Å². The molecule has 0 aliphatic carbocycles. The van der Waals surface area contributed by atoms with Crippen molar-refractivity contribution < 1.29 is 9.47 Å². The fourth-order valence-corrected chi connectivity index (χ4v) is 1.18. The average molecular weight is 232 g/mol. The van der Waals surface area contributed by atoms with E-state index in [2.05, 4.69) is 31.4 Å². The zero-order valence-electron chi connectivity index (χ0n) is 11.1. The van der Waals surface area contributed by atoms with Gasteiger partial charge in [0, 0.05) is 13.1 Å². The highest BCUT2D eigenvalue weighted by atomic mass is 16.5. The third-order valence-electron chi connectivity index (χ3n) is 2.02. The normalized spacial score (nSPS) is 11.2. The van der Waals surface area contributed by atoms with Gasteiger partial charge >= 0.3 is 0 Å². The van der Waals surface area contributed by atoms with Gasteiger partial charge in [0.25, 0.3) is 0 Å². The summed E-state index contributed by atoms with van der Waals surface area (Å²) in [7, 11) is 0. The summed E-state index contributed by atoms with van der Waals surface area (Å²) in [5.41, 5.74) is 0. The van der Waals surface area contributed by atoms with E-state index in [0.29, 0.717) is 19.1 Å². The van der Waals surface area contributed by atoms with Crippen LogP contribution < -0.4 is 10.6 Å². The van der Waals surface area contributed by atoms with Gasteiger partial charge in [0.15, 0.2) is 0 Å². The molecule has 0 saturated carbocycles. The standard InChI is InChI=1S/C12H28N2O2/c1-4-13-5-7-15-9-10-16-8-6-14-11-12(2)3/h12-14H,4-11H2,1-3H3. The summed E-state index contributed by atoms with van der Waals surface area (Å²) in [5.74, 6) is 0.703. The van der Waals surface area contributed by atoms with Crippen molar-refractivity contribution in [2.75, 3.05) is 52.6 Å². The Hall–Kier alpha value is -0.160. The molecule has 2 N–H and O–H groups in total. The topological polar surface area (TPSA) is 42.5 Å². The molecule has 0 aliphatic heterocycles. The van der Waals surface area contributed by atoms with Crippen molar-refractivity contribution in [3.05, 3.63) is 0 Å². The third-order valence-corrected chi connectivity index (χ3v) is 2.02. The third kappa shape index (κ3) is 13.8. The van der Waals surface area contributed by atoms with Gasteiger partial charge in [-0.15, -0.1) is 0 Å². The predicted octanol–water partition coefficient (Wildman–Crippen LogP) is 0.875. The summed E-state index contributed by atoms with van der Waals surface area (Å²) in [5, 5.41) is 6.53. The van der Waals surface area contributed by atoms with Gasteiger partial charge in [-0.3, -0.25) is 0 Å². The van der Waals surface area contributed by atoms with E-state index in [0.717, 1.165) is 39.4 Å². The Morgan fingerprint density at radius 2 is 1.44 bits per heavy atom. The van der Waals surface area contributed by atoms with E-state index in [4.69, 9.17) is 9.47 Å². The van der Waals surface area contributed by atoms with E-state index in [-0.39, 0.29) is 0 Å². The van der Waals surface area contributed by atoms with Gasteiger partial charge in [-0.25, -0.2) is 0 Å². The summed E-state index contributed by atoms with van der Waals surface area (Å²) in [6.45, 7) is 13.3. The maximum absolute atomic E-state index is 5.41. The van der Waals surface area contributed by atoms with Crippen LogP contribution in [0.25, 0.3) is 0 Å². The molecule has 0 unspecified atom stereocenters. The summed E-state index contributed by atoms with van der Waals surface area (Å²) in [4.78, 5) is 0. The molecule has 4 nitrogen and oxygen atoms in total. The number of nitrogens with one attached hydrogen (secondary N) is 2. The van der Waals surface area contributed by atoms with Gasteiger partial charge in [0.2, 0.25) is 0 Å². The number of likely N-dealkylation sites (N-methyl/N-ethyl adjacent to an activating group) is 1. The van der Waals surface area contributed by atoms with Crippen molar-refractivity contribution in [1.29, 1.82) is 0 Å². The van der Waals surface area contributed by atoms with Gasteiger partial charge in [-0.2, -0.15) is 0 Å². The average Bonchev–Trinajstić information content (AvgIpc) is 2.25. The Bertz CT molecular complexity index is 132. The summed E-state index contributed by atoms with van der Waals surface area (Å²) in [6, 6.07) is 0. The molecule has 0 aromatic heterocycles. The van der Waals surface area contributed by atoms with Crippen LogP contribution in [0, 0.1) is 5.92 Å². The molecule has 0 bridgehead atoms.